The number of nitrogens with one attached hydrogen (secondary N) is 1. The summed E-state index contributed by atoms with van der Waals surface area (Å²) < 4.78 is 33.0. The highest BCUT2D eigenvalue weighted by atomic mass is 19.1. The summed E-state index contributed by atoms with van der Waals surface area (Å²) in [7, 11) is 1.48. The second-order valence-electron chi connectivity index (χ2n) is 5.69. The molecular weight excluding hydrogens is 334 g/mol. The molecule has 9 heteroatoms. The van der Waals surface area contributed by atoms with Gasteiger partial charge in [0.1, 0.15) is 23.5 Å². The average Bonchev–Trinajstić information content (AvgIpc) is 2.98. The number of aromatic nitrogens is 2. The van der Waals surface area contributed by atoms with Gasteiger partial charge in [0.25, 0.3) is 5.56 Å². The molecule has 1 aromatic carbocycles. The number of carbonyl (C=O) groups is 1. The Labute approximate surface area is 141 Å². The Hall–Kier alpha value is -2.97. The number of halogens is 2. The van der Waals surface area contributed by atoms with Crippen molar-refractivity contribution >= 4 is 11.8 Å². The van der Waals surface area contributed by atoms with Crippen molar-refractivity contribution in [1.29, 1.82) is 0 Å². The molecule has 1 aliphatic rings. The van der Waals surface area contributed by atoms with E-state index in [1.165, 1.54) is 24.1 Å². The third kappa shape index (κ3) is 4.11. The first-order valence-corrected chi connectivity index (χ1v) is 7.64. The average molecular weight is 350 g/mol. The minimum Gasteiger partial charge on any atom is -0.488 e. The van der Waals surface area contributed by atoms with Crippen molar-refractivity contribution in [2.75, 3.05) is 18.4 Å². The van der Waals surface area contributed by atoms with Crippen molar-refractivity contribution < 1.29 is 18.3 Å². The summed E-state index contributed by atoms with van der Waals surface area (Å²) in [6.07, 6.45) is 0.173. The molecule has 1 aliphatic heterocycles. The molecule has 1 fully saturated rings. The lowest BCUT2D eigenvalue weighted by molar-refractivity contribution is 0.194. The summed E-state index contributed by atoms with van der Waals surface area (Å²) in [6.45, 7) is 0.704. The van der Waals surface area contributed by atoms with Crippen LogP contribution in [0.4, 0.5) is 19.4 Å². The normalized spacial score (nSPS) is 16.8. The summed E-state index contributed by atoms with van der Waals surface area (Å²) in [6, 6.07) is 5.29. The van der Waals surface area contributed by atoms with Gasteiger partial charge in [-0.2, -0.15) is 5.10 Å². The fourth-order valence-corrected chi connectivity index (χ4v) is 2.56. The molecule has 1 saturated heterocycles. The van der Waals surface area contributed by atoms with Crippen LogP contribution < -0.4 is 15.6 Å². The van der Waals surface area contributed by atoms with E-state index in [0.717, 1.165) is 22.9 Å². The molecule has 1 N–H and O–H groups in total. The number of nitrogens with zero attached hydrogens (tertiary/aromatic N) is 3. The number of aryl methyl sites for hydroxylation is 1. The molecule has 132 valence electrons. The SMILES string of the molecule is Cn1nc(NC(=O)N2CCC(Oc3cc(F)cc(F)c3)C2)ccc1=O. The van der Waals surface area contributed by atoms with Crippen LogP contribution in [0.2, 0.25) is 0 Å². The van der Waals surface area contributed by atoms with Crippen molar-refractivity contribution in [2.24, 2.45) is 7.05 Å². The van der Waals surface area contributed by atoms with Crippen LogP contribution in [0.15, 0.2) is 35.1 Å². The van der Waals surface area contributed by atoms with Crippen molar-refractivity contribution in [3.63, 3.8) is 0 Å². The van der Waals surface area contributed by atoms with Gasteiger partial charge in [0.2, 0.25) is 0 Å². The molecule has 25 heavy (non-hydrogen) atoms. The zero-order valence-corrected chi connectivity index (χ0v) is 13.4. The van der Waals surface area contributed by atoms with Gasteiger partial charge in [-0.05, 0) is 6.07 Å². The number of benzene rings is 1. The molecule has 1 aromatic heterocycles. The van der Waals surface area contributed by atoms with Crippen LogP contribution in [0.25, 0.3) is 0 Å². The van der Waals surface area contributed by atoms with E-state index in [1.54, 1.807) is 0 Å². The van der Waals surface area contributed by atoms with E-state index in [-0.39, 0.29) is 35.8 Å². The second-order valence-corrected chi connectivity index (χ2v) is 5.69. The predicted molar refractivity (Wildman–Crippen MR) is 85.5 cm³/mol. The molecule has 2 heterocycles. The molecule has 0 aliphatic carbocycles. The zero-order valence-electron chi connectivity index (χ0n) is 13.4. The topological polar surface area (TPSA) is 76.5 Å². The highest BCUT2D eigenvalue weighted by Gasteiger charge is 2.28. The largest absolute Gasteiger partial charge is 0.488 e. The molecule has 2 amide bonds. The molecule has 0 bridgehead atoms. The number of ether oxygens (including phenoxy) is 1. The number of amides is 2. The molecule has 0 spiro atoms. The third-order valence-electron chi connectivity index (χ3n) is 3.77. The van der Waals surface area contributed by atoms with Crippen molar-refractivity contribution in [3.8, 4) is 5.75 Å². The number of urea groups is 1. The van der Waals surface area contributed by atoms with Gasteiger partial charge < -0.3 is 9.64 Å². The lowest BCUT2D eigenvalue weighted by Crippen LogP contribution is -2.35. The first-order chi connectivity index (χ1) is 11.9. The van der Waals surface area contributed by atoms with Crippen molar-refractivity contribution in [3.05, 3.63) is 52.3 Å². The fraction of sp³-hybridized carbons (Fsp3) is 0.312. The van der Waals surface area contributed by atoms with E-state index in [2.05, 4.69) is 10.4 Å². The summed E-state index contributed by atoms with van der Waals surface area (Å²) in [4.78, 5) is 25.0. The van der Waals surface area contributed by atoms with Gasteiger partial charge in [0.05, 0.1) is 6.54 Å². The summed E-state index contributed by atoms with van der Waals surface area (Å²) >= 11 is 0. The highest BCUT2D eigenvalue weighted by Crippen LogP contribution is 2.21. The smallest absolute Gasteiger partial charge is 0.323 e. The van der Waals surface area contributed by atoms with E-state index in [1.807, 2.05) is 0 Å². The third-order valence-corrected chi connectivity index (χ3v) is 3.77. The fourth-order valence-electron chi connectivity index (χ4n) is 2.56. The van der Waals surface area contributed by atoms with E-state index >= 15 is 0 Å². The van der Waals surface area contributed by atoms with Crippen LogP contribution in [0.5, 0.6) is 5.75 Å². The highest BCUT2D eigenvalue weighted by molar-refractivity contribution is 5.88. The molecule has 2 aromatic rings. The van der Waals surface area contributed by atoms with Gasteiger partial charge in [0.15, 0.2) is 5.82 Å². The molecule has 3 rings (SSSR count). The Balaban J connectivity index is 1.59. The minimum absolute atomic E-state index is 0.0875. The van der Waals surface area contributed by atoms with Crippen LogP contribution >= 0.6 is 0 Å². The van der Waals surface area contributed by atoms with Gasteiger partial charge in [-0.1, -0.05) is 0 Å². The van der Waals surface area contributed by atoms with Gasteiger partial charge in [-0.15, -0.1) is 0 Å². The molecule has 1 atom stereocenters. The lowest BCUT2D eigenvalue weighted by Gasteiger charge is -2.17. The molecule has 0 radical (unpaired) electrons. The van der Waals surface area contributed by atoms with Crippen LogP contribution in [0.1, 0.15) is 6.42 Å². The summed E-state index contributed by atoms with van der Waals surface area (Å²) in [5.74, 6) is -1.10. The molecule has 1 unspecified atom stereocenters. The van der Waals surface area contributed by atoms with Gasteiger partial charge >= 0.3 is 6.03 Å². The maximum Gasteiger partial charge on any atom is 0.323 e. The molecule has 0 saturated carbocycles. The lowest BCUT2D eigenvalue weighted by atomic mass is 10.3. The first-order valence-electron chi connectivity index (χ1n) is 7.64. The van der Waals surface area contributed by atoms with E-state index < -0.39 is 11.6 Å². The predicted octanol–water partition coefficient (Wildman–Crippen LogP) is 1.74. The number of hydrogen-bond donors (Lipinski definition) is 1. The van der Waals surface area contributed by atoms with Crippen molar-refractivity contribution in [2.45, 2.75) is 12.5 Å². The quantitative estimate of drug-likeness (QED) is 0.915. The Morgan fingerprint density at radius 3 is 2.68 bits per heavy atom. The van der Waals surface area contributed by atoms with Gasteiger partial charge in [0, 0.05) is 44.3 Å². The standard InChI is InChI=1S/C16H16F2N4O3/c1-21-15(23)3-2-14(20-21)19-16(24)22-5-4-12(9-22)25-13-7-10(17)6-11(18)8-13/h2-3,6-8,12H,4-5,9H2,1H3,(H,19,20,24). The van der Waals surface area contributed by atoms with E-state index in [9.17, 15) is 18.4 Å². The molecule has 7 nitrogen and oxygen atoms in total. The van der Waals surface area contributed by atoms with E-state index in [0.29, 0.717) is 13.0 Å². The number of anilines is 1. The van der Waals surface area contributed by atoms with Crippen molar-refractivity contribution in [1.82, 2.24) is 14.7 Å². The van der Waals surface area contributed by atoms with Crippen LogP contribution in [-0.4, -0.2) is 39.9 Å². The maximum absolute atomic E-state index is 13.2. The Kier molecular flexibility index (Phi) is 4.64. The number of rotatable bonds is 3. The summed E-state index contributed by atoms with van der Waals surface area (Å²) in [5, 5.41) is 6.52. The van der Waals surface area contributed by atoms with E-state index in [4.69, 9.17) is 4.74 Å². The van der Waals surface area contributed by atoms with Gasteiger partial charge in [-0.25, -0.2) is 18.3 Å². The second kappa shape index (κ2) is 6.88. The van der Waals surface area contributed by atoms with Crippen LogP contribution in [-0.2, 0) is 7.05 Å². The minimum atomic E-state index is -0.719. The number of carbonyl (C=O) groups excluding carboxylic acids is 1. The monoisotopic (exact) mass is 350 g/mol. The number of likely N-dealkylation sites (tertiary alicyclic amines) is 1. The van der Waals surface area contributed by atoms with Gasteiger partial charge in [-0.3, -0.25) is 10.1 Å². The first kappa shape index (κ1) is 16.9. The Bertz CT molecular complexity index is 835. The van der Waals surface area contributed by atoms with Crippen LogP contribution in [0.3, 0.4) is 0 Å². The maximum atomic E-state index is 13.2. The summed E-state index contributed by atoms with van der Waals surface area (Å²) in [5.41, 5.74) is -0.282. The number of hydrogen-bond acceptors (Lipinski definition) is 4. The van der Waals surface area contributed by atoms with Crippen LogP contribution in [0, 0.1) is 11.6 Å². The Morgan fingerprint density at radius 1 is 1.28 bits per heavy atom. The Morgan fingerprint density at radius 2 is 2.00 bits per heavy atom. The zero-order chi connectivity index (χ0) is 18.0. The molecular formula is C16H16F2N4O3.